The molecule has 1 aliphatic carbocycles. The molecule has 0 unspecified atom stereocenters. The van der Waals surface area contributed by atoms with Gasteiger partial charge in [0.1, 0.15) is 0 Å². The fourth-order valence-electron chi connectivity index (χ4n) is 4.86. The van der Waals surface area contributed by atoms with Gasteiger partial charge in [-0.05, 0) is 60.6 Å². The predicted octanol–water partition coefficient (Wildman–Crippen LogP) is 7.52. The van der Waals surface area contributed by atoms with Gasteiger partial charge in [-0.2, -0.15) is 13.2 Å². The van der Waals surface area contributed by atoms with E-state index >= 15 is 0 Å². The molecule has 28 heavy (non-hydrogen) atoms. The summed E-state index contributed by atoms with van der Waals surface area (Å²) >= 11 is 0. The predicted molar refractivity (Wildman–Crippen MR) is 108 cm³/mol. The van der Waals surface area contributed by atoms with Gasteiger partial charge < -0.3 is 0 Å². The van der Waals surface area contributed by atoms with Crippen LogP contribution in [-0.4, -0.2) is 11.2 Å². The minimum atomic E-state index is -4.28. The van der Waals surface area contributed by atoms with Crippen molar-refractivity contribution in [3.63, 3.8) is 0 Å². The van der Waals surface area contributed by atoms with E-state index in [1.165, 1.54) is 32.3 Å². The van der Waals surface area contributed by atoms with Gasteiger partial charge in [0.05, 0.1) is 11.1 Å². The number of halogens is 3. The third-order valence-corrected chi connectivity index (χ3v) is 6.71. The van der Waals surface area contributed by atoms with Crippen LogP contribution in [0.3, 0.4) is 0 Å². The van der Waals surface area contributed by atoms with Crippen molar-refractivity contribution in [1.29, 1.82) is 0 Å². The zero-order chi connectivity index (χ0) is 21.0. The molecule has 1 aromatic heterocycles. The Kier molecular flexibility index (Phi) is 4.92. The maximum absolute atomic E-state index is 13.2. The lowest BCUT2D eigenvalue weighted by molar-refractivity contribution is -0.180. The Hall–Kier alpha value is -1.84. The summed E-state index contributed by atoms with van der Waals surface area (Å²) in [5.41, 5.74) is 1.71. The van der Waals surface area contributed by atoms with Crippen LogP contribution in [0.25, 0.3) is 11.3 Å². The topological polar surface area (TPSA) is 12.9 Å². The van der Waals surface area contributed by atoms with Crippen LogP contribution >= 0.6 is 0 Å². The van der Waals surface area contributed by atoms with E-state index in [-0.39, 0.29) is 16.4 Å². The molecule has 4 heteroatoms. The van der Waals surface area contributed by atoms with E-state index in [0.29, 0.717) is 5.92 Å². The Morgan fingerprint density at radius 2 is 1.39 bits per heavy atom. The number of rotatable bonds is 3. The summed E-state index contributed by atoms with van der Waals surface area (Å²) in [5, 5.41) is 0. The average Bonchev–Trinajstić information content (AvgIpc) is 2.82. The second-order valence-electron chi connectivity index (χ2n) is 10.1. The van der Waals surface area contributed by atoms with E-state index in [0.717, 1.165) is 11.3 Å². The van der Waals surface area contributed by atoms with E-state index in [4.69, 9.17) is 0 Å². The first kappa shape index (κ1) is 20.9. The molecule has 2 aromatic rings. The standard InChI is InChI=1S/C24H30F3N/c1-21(2)13-14-22(3,4)20(21)17-9-12-19(28-15-17)16-7-10-18(11-8-16)23(5,6)24(25,26)27/h7-12,15,20H,13-14H2,1-6H3. The summed E-state index contributed by atoms with van der Waals surface area (Å²) < 4.78 is 39.7. The molecule has 0 saturated heterocycles. The van der Waals surface area contributed by atoms with E-state index in [1.807, 2.05) is 12.3 Å². The summed E-state index contributed by atoms with van der Waals surface area (Å²) in [6.07, 6.45) is 0.0590. The van der Waals surface area contributed by atoms with Crippen molar-refractivity contribution in [2.75, 3.05) is 0 Å². The van der Waals surface area contributed by atoms with Crippen molar-refractivity contribution in [3.8, 4) is 11.3 Å². The second kappa shape index (κ2) is 6.60. The lowest BCUT2D eigenvalue weighted by Crippen LogP contribution is -2.36. The van der Waals surface area contributed by atoms with Crippen molar-refractivity contribution < 1.29 is 13.2 Å². The normalized spacial score (nSPS) is 19.8. The second-order valence-corrected chi connectivity index (χ2v) is 10.1. The minimum absolute atomic E-state index is 0.234. The first-order valence-corrected chi connectivity index (χ1v) is 9.89. The van der Waals surface area contributed by atoms with Crippen molar-refractivity contribution in [2.24, 2.45) is 10.8 Å². The van der Waals surface area contributed by atoms with Crippen molar-refractivity contribution in [1.82, 2.24) is 4.98 Å². The Morgan fingerprint density at radius 3 is 1.82 bits per heavy atom. The monoisotopic (exact) mass is 389 g/mol. The van der Waals surface area contributed by atoms with E-state index in [2.05, 4.69) is 38.7 Å². The van der Waals surface area contributed by atoms with Crippen LogP contribution in [0.2, 0.25) is 0 Å². The first-order chi connectivity index (χ1) is 12.8. The van der Waals surface area contributed by atoms with Gasteiger partial charge >= 0.3 is 6.18 Å². The molecule has 0 N–H and O–H groups in total. The van der Waals surface area contributed by atoms with Gasteiger partial charge in [-0.25, -0.2) is 0 Å². The molecular weight excluding hydrogens is 359 g/mol. The smallest absolute Gasteiger partial charge is 0.256 e. The number of nitrogens with zero attached hydrogens (tertiary/aromatic N) is 1. The first-order valence-electron chi connectivity index (χ1n) is 9.89. The fraction of sp³-hybridized carbons (Fsp3) is 0.542. The number of hydrogen-bond acceptors (Lipinski definition) is 1. The highest BCUT2D eigenvalue weighted by Gasteiger charge is 2.49. The van der Waals surface area contributed by atoms with Gasteiger partial charge in [0, 0.05) is 11.8 Å². The molecule has 1 aliphatic rings. The summed E-state index contributed by atoms with van der Waals surface area (Å²) in [6.45, 7) is 11.7. The molecule has 0 spiro atoms. The largest absolute Gasteiger partial charge is 0.397 e. The summed E-state index contributed by atoms with van der Waals surface area (Å²) in [5.74, 6) is 0.441. The number of aromatic nitrogens is 1. The van der Waals surface area contributed by atoms with Gasteiger partial charge in [0.15, 0.2) is 0 Å². The maximum atomic E-state index is 13.2. The van der Waals surface area contributed by atoms with E-state index in [1.54, 1.807) is 24.3 Å². The number of hydrogen-bond donors (Lipinski definition) is 0. The Balaban J connectivity index is 1.87. The molecule has 1 nitrogen and oxygen atoms in total. The summed E-state index contributed by atoms with van der Waals surface area (Å²) in [6, 6.07) is 10.7. The Labute approximate surface area is 166 Å². The van der Waals surface area contributed by atoms with Crippen molar-refractivity contribution >= 4 is 0 Å². The molecule has 1 aromatic carbocycles. The van der Waals surface area contributed by atoms with Gasteiger partial charge in [-0.3, -0.25) is 4.98 Å². The lowest BCUT2D eigenvalue weighted by atomic mass is 9.69. The highest BCUT2D eigenvalue weighted by Crippen LogP contribution is 2.58. The van der Waals surface area contributed by atoms with E-state index < -0.39 is 11.6 Å². The molecule has 0 aliphatic heterocycles. The van der Waals surface area contributed by atoms with Crippen LogP contribution < -0.4 is 0 Å². The number of alkyl halides is 3. The quantitative estimate of drug-likeness (QED) is 0.529. The molecule has 0 amide bonds. The molecule has 152 valence electrons. The van der Waals surface area contributed by atoms with E-state index in [9.17, 15) is 13.2 Å². The number of benzene rings is 1. The van der Waals surface area contributed by atoms with Crippen LogP contribution in [0, 0.1) is 10.8 Å². The van der Waals surface area contributed by atoms with Crippen LogP contribution in [0.4, 0.5) is 13.2 Å². The third kappa shape index (κ3) is 3.58. The molecular formula is C24H30F3N. The third-order valence-electron chi connectivity index (χ3n) is 6.71. The Morgan fingerprint density at radius 1 is 0.857 bits per heavy atom. The summed E-state index contributed by atoms with van der Waals surface area (Å²) in [4.78, 5) is 4.64. The average molecular weight is 390 g/mol. The fourth-order valence-corrected chi connectivity index (χ4v) is 4.86. The van der Waals surface area contributed by atoms with Crippen LogP contribution in [0.5, 0.6) is 0 Å². The number of pyridine rings is 1. The lowest BCUT2D eigenvalue weighted by Gasteiger charge is -2.35. The SMILES string of the molecule is CC1(C)CCC(C)(C)C1c1ccc(-c2ccc(C(C)(C)C(F)(F)F)cc2)nc1. The zero-order valence-corrected chi connectivity index (χ0v) is 17.6. The van der Waals surface area contributed by atoms with Crippen LogP contribution in [0.15, 0.2) is 42.6 Å². The molecule has 0 atom stereocenters. The molecule has 0 radical (unpaired) electrons. The summed E-state index contributed by atoms with van der Waals surface area (Å²) in [7, 11) is 0. The minimum Gasteiger partial charge on any atom is -0.256 e. The van der Waals surface area contributed by atoms with Crippen molar-refractivity contribution in [2.45, 2.75) is 71.9 Å². The molecule has 1 heterocycles. The van der Waals surface area contributed by atoms with Crippen LogP contribution in [0.1, 0.15) is 71.4 Å². The molecule has 3 rings (SSSR count). The van der Waals surface area contributed by atoms with Gasteiger partial charge in [0.2, 0.25) is 0 Å². The molecule has 1 fully saturated rings. The Bertz CT molecular complexity index is 812. The zero-order valence-electron chi connectivity index (χ0n) is 17.6. The molecule has 0 bridgehead atoms. The van der Waals surface area contributed by atoms with Gasteiger partial charge in [-0.1, -0.05) is 58.0 Å². The van der Waals surface area contributed by atoms with Crippen molar-refractivity contribution in [3.05, 3.63) is 53.7 Å². The highest BCUT2D eigenvalue weighted by molar-refractivity contribution is 5.60. The highest BCUT2D eigenvalue weighted by atomic mass is 19.4. The molecule has 1 saturated carbocycles. The maximum Gasteiger partial charge on any atom is 0.397 e. The van der Waals surface area contributed by atoms with Gasteiger partial charge in [-0.15, -0.1) is 0 Å². The van der Waals surface area contributed by atoms with Gasteiger partial charge in [0.25, 0.3) is 0 Å². The van der Waals surface area contributed by atoms with Crippen LogP contribution in [-0.2, 0) is 5.41 Å².